The number of pyridine rings is 1. The lowest BCUT2D eigenvalue weighted by Gasteiger charge is -2.06. The summed E-state index contributed by atoms with van der Waals surface area (Å²) < 4.78 is 59.3. The molecule has 0 radical (unpaired) electrons. The fraction of sp³-hybridized carbons (Fsp3) is 0.143. The van der Waals surface area contributed by atoms with Crippen molar-refractivity contribution in [2.75, 3.05) is 0 Å². The second-order valence-corrected chi connectivity index (χ2v) is 4.15. The molecular formula is C7H4F3N3O2S. The molecule has 1 rings (SSSR count). The van der Waals surface area contributed by atoms with Crippen molar-refractivity contribution in [1.82, 2.24) is 4.98 Å². The molecule has 1 aromatic rings. The summed E-state index contributed by atoms with van der Waals surface area (Å²) in [6, 6.07) is 1.50. The Bertz CT molecular complexity index is 565. The van der Waals surface area contributed by atoms with E-state index in [1.165, 1.54) is 6.07 Å². The summed E-state index contributed by atoms with van der Waals surface area (Å²) in [6.07, 6.45) is -3.20. The maximum atomic E-state index is 12.8. The monoisotopic (exact) mass is 251 g/mol. The van der Waals surface area contributed by atoms with Crippen molar-refractivity contribution < 1.29 is 21.6 Å². The summed E-state index contributed by atoms with van der Waals surface area (Å²) in [4.78, 5) is 2.82. The zero-order valence-electron chi connectivity index (χ0n) is 7.49. The van der Waals surface area contributed by atoms with Crippen molar-refractivity contribution in [1.29, 1.82) is 5.26 Å². The third-order valence-corrected chi connectivity index (χ3v) is 2.44. The number of nitriles is 1. The van der Waals surface area contributed by atoms with E-state index < -0.39 is 38.5 Å². The molecule has 0 saturated heterocycles. The van der Waals surface area contributed by atoms with Crippen molar-refractivity contribution in [3.63, 3.8) is 0 Å². The van der Waals surface area contributed by atoms with Crippen LogP contribution in [0.15, 0.2) is 11.1 Å². The van der Waals surface area contributed by atoms with Crippen molar-refractivity contribution in [2.45, 2.75) is 11.5 Å². The van der Waals surface area contributed by atoms with Crippen LogP contribution in [0, 0.1) is 17.3 Å². The van der Waals surface area contributed by atoms with E-state index in [1.807, 2.05) is 0 Å². The van der Waals surface area contributed by atoms with Crippen LogP contribution < -0.4 is 5.14 Å². The van der Waals surface area contributed by atoms with E-state index in [2.05, 4.69) is 10.1 Å². The van der Waals surface area contributed by atoms with E-state index in [9.17, 15) is 21.6 Å². The SMILES string of the molecule is N#Cc1c(C(F)F)cc(F)nc1S(N)(=O)=O. The van der Waals surface area contributed by atoms with Gasteiger partial charge in [0.1, 0.15) is 6.07 Å². The highest BCUT2D eigenvalue weighted by molar-refractivity contribution is 7.89. The second kappa shape index (κ2) is 4.07. The van der Waals surface area contributed by atoms with Gasteiger partial charge in [-0.2, -0.15) is 9.65 Å². The zero-order chi connectivity index (χ0) is 12.5. The Kier molecular flexibility index (Phi) is 3.16. The topological polar surface area (TPSA) is 96.8 Å². The van der Waals surface area contributed by atoms with Gasteiger partial charge in [0.15, 0.2) is 5.03 Å². The number of hydrogen-bond acceptors (Lipinski definition) is 4. The molecule has 0 spiro atoms. The van der Waals surface area contributed by atoms with E-state index >= 15 is 0 Å². The molecule has 0 aliphatic heterocycles. The quantitative estimate of drug-likeness (QED) is 0.781. The Labute approximate surface area is 88.4 Å². The van der Waals surface area contributed by atoms with Gasteiger partial charge in [0.25, 0.3) is 16.4 Å². The van der Waals surface area contributed by atoms with Gasteiger partial charge in [-0.05, 0) is 0 Å². The summed E-state index contributed by atoms with van der Waals surface area (Å²) in [7, 11) is -4.53. The molecule has 0 aliphatic carbocycles. The predicted octanol–water partition coefficient (Wildman–Crippen LogP) is 0.677. The molecule has 0 aromatic carbocycles. The highest BCUT2D eigenvalue weighted by Gasteiger charge is 2.25. The molecule has 0 atom stereocenters. The lowest BCUT2D eigenvalue weighted by atomic mass is 10.1. The van der Waals surface area contributed by atoms with Gasteiger partial charge in [-0.15, -0.1) is 0 Å². The summed E-state index contributed by atoms with van der Waals surface area (Å²) in [6.45, 7) is 0. The van der Waals surface area contributed by atoms with Gasteiger partial charge in [0, 0.05) is 11.6 Å². The maximum absolute atomic E-state index is 12.8. The first-order valence-electron chi connectivity index (χ1n) is 3.69. The zero-order valence-corrected chi connectivity index (χ0v) is 8.30. The van der Waals surface area contributed by atoms with Crippen LogP contribution in [0.3, 0.4) is 0 Å². The summed E-state index contributed by atoms with van der Waals surface area (Å²) in [5, 5.41) is 12.0. The standard InChI is InChI=1S/C7H4F3N3O2S/c8-5-1-3(6(9)10)4(2-11)7(13-5)16(12,14)15/h1,6H,(H2,12,14,15). The highest BCUT2D eigenvalue weighted by Crippen LogP contribution is 2.26. The van der Waals surface area contributed by atoms with E-state index in [-0.39, 0.29) is 6.07 Å². The van der Waals surface area contributed by atoms with Gasteiger partial charge in [-0.3, -0.25) is 0 Å². The molecule has 9 heteroatoms. The molecule has 1 heterocycles. The molecule has 86 valence electrons. The number of nitrogens with zero attached hydrogens (tertiary/aromatic N) is 2. The Balaban J connectivity index is 3.71. The molecule has 16 heavy (non-hydrogen) atoms. The summed E-state index contributed by atoms with van der Waals surface area (Å²) >= 11 is 0. The normalized spacial score (nSPS) is 11.5. The molecule has 0 unspecified atom stereocenters. The number of nitrogens with two attached hydrogens (primary N) is 1. The van der Waals surface area contributed by atoms with Crippen LogP contribution >= 0.6 is 0 Å². The number of alkyl halides is 2. The third kappa shape index (κ3) is 2.29. The molecular weight excluding hydrogens is 247 g/mol. The first kappa shape index (κ1) is 12.4. The van der Waals surface area contributed by atoms with Gasteiger partial charge in [-0.1, -0.05) is 0 Å². The Morgan fingerprint density at radius 2 is 2.06 bits per heavy atom. The van der Waals surface area contributed by atoms with Gasteiger partial charge < -0.3 is 0 Å². The number of aromatic nitrogens is 1. The van der Waals surface area contributed by atoms with Gasteiger partial charge in [0.05, 0.1) is 5.56 Å². The largest absolute Gasteiger partial charge is 0.265 e. The predicted molar refractivity (Wildman–Crippen MR) is 45.2 cm³/mol. The molecule has 0 bridgehead atoms. The molecule has 2 N–H and O–H groups in total. The summed E-state index contributed by atoms with van der Waals surface area (Å²) in [5.74, 6) is -1.45. The van der Waals surface area contributed by atoms with Gasteiger partial charge in [-0.25, -0.2) is 27.3 Å². The van der Waals surface area contributed by atoms with Crippen molar-refractivity contribution >= 4 is 10.0 Å². The summed E-state index contributed by atoms with van der Waals surface area (Å²) in [5.41, 5.74) is -2.00. The lowest BCUT2D eigenvalue weighted by molar-refractivity contribution is 0.150. The number of hydrogen-bond donors (Lipinski definition) is 1. The van der Waals surface area contributed by atoms with Crippen molar-refractivity contribution in [3.8, 4) is 6.07 Å². The minimum atomic E-state index is -4.53. The van der Waals surface area contributed by atoms with Crippen LogP contribution in [0.5, 0.6) is 0 Å². The molecule has 0 fully saturated rings. The highest BCUT2D eigenvalue weighted by atomic mass is 32.2. The molecule has 0 saturated carbocycles. The van der Waals surface area contributed by atoms with Gasteiger partial charge in [0.2, 0.25) is 5.95 Å². The smallest absolute Gasteiger partial charge is 0.223 e. The fourth-order valence-corrected chi connectivity index (χ4v) is 1.66. The van der Waals surface area contributed by atoms with E-state index in [0.717, 1.165) is 0 Å². The molecule has 0 aliphatic rings. The minimum Gasteiger partial charge on any atom is -0.223 e. The average molecular weight is 251 g/mol. The molecule has 1 aromatic heterocycles. The van der Waals surface area contributed by atoms with Crippen LogP contribution in [0.4, 0.5) is 13.2 Å². The lowest BCUT2D eigenvalue weighted by Crippen LogP contribution is -2.17. The van der Waals surface area contributed by atoms with E-state index in [1.54, 1.807) is 0 Å². The third-order valence-electron chi connectivity index (χ3n) is 1.60. The maximum Gasteiger partial charge on any atom is 0.265 e. The first-order chi connectivity index (χ1) is 7.27. The number of primary sulfonamides is 1. The minimum absolute atomic E-state index is 0.290. The number of halogens is 3. The van der Waals surface area contributed by atoms with Crippen LogP contribution in [-0.4, -0.2) is 13.4 Å². The van der Waals surface area contributed by atoms with Crippen LogP contribution in [0.1, 0.15) is 17.6 Å². The molecule has 0 amide bonds. The fourth-order valence-electron chi connectivity index (χ4n) is 0.999. The number of sulfonamides is 1. The Morgan fingerprint density at radius 3 is 2.44 bits per heavy atom. The van der Waals surface area contributed by atoms with E-state index in [0.29, 0.717) is 0 Å². The van der Waals surface area contributed by atoms with E-state index in [4.69, 9.17) is 5.26 Å². The second-order valence-electron chi connectivity index (χ2n) is 2.67. The average Bonchev–Trinajstić information content (AvgIpc) is 2.14. The first-order valence-corrected chi connectivity index (χ1v) is 5.23. The van der Waals surface area contributed by atoms with Crippen molar-refractivity contribution in [3.05, 3.63) is 23.1 Å². The Morgan fingerprint density at radius 1 is 1.50 bits per heavy atom. The van der Waals surface area contributed by atoms with Crippen LogP contribution in [-0.2, 0) is 10.0 Å². The number of rotatable bonds is 2. The van der Waals surface area contributed by atoms with Crippen LogP contribution in [0.25, 0.3) is 0 Å². The van der Waals surface area contributed by atoms with Crippen molar-refractivity contribution in [2.24, 2.45) is 5.14 Å². The Hall–Kier alpha value is -1.66. The molecule has 5 nitrogen and oxygen atoms in total. The van der Waals surface area contributed by atoms with Gasteiger partial charge >= 0.3 is 0 Å². The van der Waals surface area contributed by atoms with Crippen LogP contribution in [0.2, 0.25) is 0 Å².